The maximum absolute atomic E-state index is 4.63. The van der Waals surface area contributed by atoms with Gasteiger partial charge < -0.3 is 9.80 Å². The molecule has 3 rings (SSSR count). The first-order valence-corrected chi connectivity index (χ1v) is 9.39. The minimum atomic E-state index is 0.795. The zero-order valence-corrected chi connectivity index (χ0v) is 14.9. The minimum absolute atomic E-state index is 0.795. The van der Waals surface area contributed by atoms with E-state index in [-0.39, 0.29) is 0 Å². The van der Waals surface area contributed by atoms with Crippen molar-refractivity contribution < 1.29 is 0 Å². The Morgan fingerprint density at radius 3 is 2.22 bits per heavy atom. The van der Waals surface area contributed by atoms with Crippen molar-refractivity contribution in [2.24, 2.45) is 5.92 Å². The summed E-state index contributed by atoms with van der Waals surface area (Å²) in [5.74, 6) is 0.795. The maximum Gasteiger partial charge on any atom is 0.0726 e. The van der Waals surface area contributed by atoms with Crippen molar-refractivity contribution in [2.75, 3.05) is 27.2 Å². The standard InChI is InChI=1S/C19H32N4/c1-22(2)15-18-14-20-17(13-21-18)12-16-8-10-23(11-9-16)19-6-4-3-5-7-19/h13-14,16,19H,3-12,15H2,1-2H3. The summed E-state index contributed by atoms with van der Waals surface area (Å²) < 4.78 is 0. The molecular formula is C19H32N4. The summed E-state index contributed by atoms with van der Waals surface area (Å²) in [6.07, 6.45) is 14.9. The number of nitrogens with zero attached hydrogens (tertiary/aromatic N) is 4. The van der Waals surface area contributed by atoms with Crippen LogP contribution in [0.15, 0.2) is 12.4 Å². The predicted octanol–water partition coefficient (Wildman–Crippen LogP) is 3.13. The Hall–Kier alpha value is -1.00. The zero-order chi connectivity index (χ0) is 16.1. The molecule has 0 unspecified atom stereocenters. The molecule has 0 atom stereocenters. The Kier molecular flexibility index (Phi) is 6.01. The highest BCUT2D eigenvalue weighted by atomic mass is 15.2. The molecule has 2 aliphatic rings. The SMILES string of the molecule is CN(C)Cc1cnc(CC2CCN(C3CCCCC3)CC2)cn1. The van der Waals surface area contributed by atoms with Crippen molar-refractivity contribution >= 4 is 0 Å². The van der Waals surface area contributed by atoms with E-state index in [0.29, 0.717) is 0 Å². The third-order valence-corrected chi connectivity index (χ3v) is 5.48. The second-order valence-electron chi connectivity index (χ2n) is 7.71. The van der Waals surface area contributed by atoms with Crippen LogP contribution < -0.4 is 0 Å². The molecule has 1 saturated carbocycles. The fourth-order valence-electron chi connectivity index (χ4n) is 4.16. The average molecular weight is 316 g/mol. The summed E-state index contributed by atoms with van der Waals surface area (Å²) in [5, 5.41) is 0. The highest BCUT2D eigenvalue weighted by Gasteiger charge is 2.26. The van der Waals surface area contributed by atoms with Crippen LogP contribution in [0.3, 0.4) is 0 Å². The molecule has 1 aliphatic heterocycles. The van der Waals surface area contributed by atoms with Crippen molar-refractivity contribution in [1.82, 2.24) is 19.8 Å². The fraction of sp³-hybridized carbons (Fsp3) is 0.789. The molecule has 0 amide bonds. The number of rotatable bonds is 5. The van der Waals surface area contributed by atoms with Crippen molar-refractivity contribution in [3.05, 3.63) is 23.8 Å². The fourth-order valence-corrected chi connectivity index (χ4v) is 4.16. The second kappa shape index (κ2) is 8.20. The highest BCUT2D eigenvalue weighted by Crippen LogP contribution is 2.28. The van der Waals surface area contributed by atoms with Gasteiger partial charge in [-0.05, 0) is 65.2 Å². The molecule has 2 heterocycles. The van der Waals surface area contributed by atoms with Crippen molar-refractivity contribution in [3.8, 4) is 0 Å². The highest BCUT2D eigenvalue weighted by molar-refractivity contribution is 5.03. The molecule has 4 nitrogen and oxygen atoms in total. The van der Waals surface area contributed by atoms with E-state index in [1.807, 2.05) is 12.4 Å². The number of aromatic nitrogens is 2. The van der Waals surface area contributed by atoms with Crippen molar-refractivity contribution in [2.45, 2.75) is 64.0 Å². The molecule has 1 aliphatic carbocycles. The molecule has 23 heavy (non-hydrogen) atoms. The summed E-state index contributed by atoms with van der Waals surface area (Å²) in [6, 6.07) is 0.884. The van der Waals surface area contributed by atoms with Gasteiger partial charge in [-0.25, -0.2) is 0 Å². The average Bonchev–Trinajstić information content (AvgIpc) is 2.58. The first kappa shape index (κ1) is 16.8. The van der Waals surface area contributed by atoms with Gasteiger partial charge in [-0.1, -0.05) is 19.3 Å². The summed E-state index contributed by atoms with van der Waals surface area (Å²) in [5.41, 5.74) is 2.23. The third-order valence-electron chi connectivity index (χ3n) is 5.48. The van der Waals surface area contributed by atoms with Crippen LogP contribution in [0.1, 0.15) is 56.3 Å². The van der Waals surface area contributed by atoms with Crippen LogP contribution >= 0.6 is 0 Å². The normalized spacial score (nSPS) is 21.9. The van der Waals surface area contributed by atoms with Gasteiger partial charge in [0.05, 0.1) is 17.6 Å². The molecule has 128 valence electrons. The van der Waals surface area contributed by atoms with Gasteiger partial charge >= 0.3 is 0 Å². The summed E-state index contributed by atoms with van der Waals surface area (Å²) in [6.45, 7) is 3.45. The van der Waals surface area contributed by atoms with Gasteiger partial charge in [0.25, 0.3) is 0 Å². The molecule has 1 aromatic heterocycles. The van der Waals surface area contributed by atoms with E-state index in [4.69, 9.17) is 0 Å². The largest absolute Gasteiger partial charge is 0.304 e. The van der Waals surface area contributed by atoms with Gasteiger partial charge in [-0.3, -0.25) is 9.97 Å². The quantitative estimate of drug-likeness (QED) is 0.835. The van der Waals surface area contributed by atoms with Crippen LogP contribution in [0, 0.1) is 5.92 Å². The molecule has 1 saturated heterocycles. The second-order valence-corrected chi connectivity index (χ2v) is 7.71. The van der Waals surface area contributed by atoms with Gasteiger partial charge in [-0.2, -0.15) is 0 Å². The maximum atomic E-state index is 4.63. The van der Waals surface area contributed by atoms with E-state index in [0.717, 1.165) is 30.6 Å². The smallest absolute Gasteiger partial charge is 0.0726 e. The Morgan fingerprint density at radius 1 is 0.957 bits per heavy atom. The first-order chi connectivity index (χ1) is 11.2. The Labute approximate surface area is 141 Å². The van der Waals surface area contributed by atoms with E-state index < -0.39 is 0 Å². The minimum Gasteiger partial charge on any atom is -0.304 e. The Morgan fingerprint density at radius 2 is 1.61 bits per heavy atom. The Bertz CT molecular complexity index is 457. The third kappa shape index (κ3) is 4.98. The molecule has 0 aromatic carbocycles. The summed E-state index contributed by atoms with van der Waals surface area (Å²) in [4.78, 5) is 14.1. The van der Waals surface area contributed by atoms with Crippen LogP contribution in [0.5, 0.6) is 0 Å². The van der Waals surface area contributed by atoms with Gasteiger partial charge in [0.1, 0.15) is 0 Å². The topological polar surface area (TPSA) is 32.3 Å². The molecule has 0 N–H and O–H groups in total. The van der Waals surface area contributed by atoms with E-state index >= 15 is 0 Å². The number of hydrogen-bond donors (Lipinski definition) is 0. The van der Waals surface area contributed by atoms with Crippen LogP contribution in [-0.2, 0) is 13.0 Å². The number of likely N-dealkylation sites (tertiary alicyclic amines) is 1. The van der Waals surface area contributed by atoms with E-state index in [9.17, 15) is 0 Å². The van der Waals surface area contributed by atoms with Crippen LogP contribution in [0.2, 0.25) is 0 Å². The predicted molar refractivity (Wildman–Crippen MR) is 94.3 cm³/mol. The Balaban J connectivity index is 1.44. The lowest BCUT2D eigenvalue weighted by Gasteiger charge is -2.39. The van der Waals surface area contributed by atoms with Gasteiger partial charge in [-0.15, -0.1) is 0 Å². The zero-order valence-electron chi connectivity index (χ0n) is 14.9. The van der Waals surface area contributed by atoms with E-state index in [1.54, 1.807) is 0 Å². The van der Waals surface area contributed by atoms with Crippen LogP contribution in [0.4, 0.5) is 0 Å². The van der Waals surface area contributed by atoms with Crippen molar-refractivity contribution in [1.29, 1.82) is 0 Å². The molecule has 0 radical (unpaired) electrons. The summed E-state index contributed by atoms with van der Waals surface area (Å²) >= 11 is 0. The first-order valence-electron chi connectivity index (χ1n) is 9.39. The number of hydrogen-bond acceptors (Lipinski definition) is 4. The van der Waals surface area contributed by atoms with Gasteiger partial charge in [0.2, 0.25) is 0 Å². The van der Waals surface area contributed by atoms with Crippen molar-refractivity contribution in [3.63, 3.8) is 0 Å². The molecule has 2 fully saturated rings. The monoisotopic (exact) mass is 316 g/mol. The number of piperidine rings is 1. The van der Waals surface area contributed by atoms with Crippen LogP contribution in [-0.4, -0.2) is 53.0 Å². The summed E-state index contributed by atoms with van der Waals surface area (Å²) in [7, 11) is 4.13. The van der Waals surface area contributed by atoms with E-state index in [1.165, 1.54) is 63.7 Å². The molecule has 4 heteroatoms. The lowest BCUT2D eigenvalue weighted by molar-refractivity contribution is 0.106. The lowest BCUT2D eigenvalue weighted by Crippen LogP contribution is -2.42. The molecule has 0 spiro atoms. The van der Waals surface area contributed by atoms with E-state index in [2.05, 4.69) is 33.9 Å². The van der Waals surface area contributed by atoms with Gasteiger partial charge in [0.15, 0.2) is 0 Å². The van der Waals surface area contributed by atoms with Gasteiger partial charge in [0, 0.05) is 18.8 Å². The molecule has 0 bridgehead atoms. The lowest BCUT2D eigenvalue weighted by atomic mass is 9.88. The molecular weight excluding hydrogens is 284 g/mol. The van der Waals surface area contributed by atoms with Crippen LogP contribution in [0.25, 0.3) is 0 Å². The molecule has 1 aromatic rings.